The van der Waals surface area contributed by atoms with Crippen LogP contribution in [0, 0.1) is 0 Å². The van der Waals surface area contributed by atoms with Gasteiger partial charge in [-0.1, -0.05) is 41.1 Å². The summed E-state index contributed by atoms with van der Waals surface area (Å²) in [5.74, 6) is -0.135. The zero-order chi connectivity index (χ0) is 14.5. The second-order valence-corrected chi connectivity index (χ2v) is 5.25. The Morgan fingerprint density at radius 1 is 1.20 bits per heavy atom. The summed E-state index contributed by atoms with van der Waals surface area (Å²) in [6.07, 6.45) is 1.00. The Balaban J connectivity index is 2.04. The van der Waals surface area contributed by atoms with Gasteiger partial charge in [0.1, 0.15) is 12.4 Å². The number of hydrogen-bond donors (Lipinski definition) is 1. The van der Waals surface area contributed by atoms with E-state index in [1.165, 1.54) is 5.56 Å². The molecular formula is C16H15BrO3. The van der Waals surface area contributed by atoms with Crippen LogP contribution in [0.4, 0.5) is 0 Å². The van der Waals surface area contributed by atoms with Crippen molar-refractivity contribution in [3.8, 4) is 5.75 Å². The van der Waals surface area contributed by atoms with Crippen molar-refractivity contribution >= 4 is 21.9 Å². The van der Waals surface area contributed by atoms with E-state index in [2.05, 4.69) is 22.9 Å². The van der Waals surface area contributed by atoms with Crippen LogP contribution < -0.4 is 4.74 Å². The molecule has 0 aromatic heterocycles. The SMILES string of the molecule is CCc1ccc(OCc2ccc(C(=O)O)cc2Br)cc1. The summed E-state index contributed by atoms with van der Waals surface area (Å²) in [5.41, 5.74) is 2.44. The van der Waals surface area contributed by atoms with Crippen molar-refractivity contribution in [2.45, 2.75) is 20.0 Å². The number of rotatable bonds is 5. The third-order valence-corrected chi connectivity index (χ3v) is 3.76. The molecule has 0 unspecified atom stereocenters. The first-order valence-corrected chi connectivity index (χ1v) is 7.13. The highest BCUT2D eigenvalue weighted by molar-refractivity contribution is 9.10. The van der Waals surface area contributed by atoms with Crippen molar-refractivity contribution in [3.05, 3.63) is 63.6 Å². The topological polar surface area (TPSA) is 46.5 Å². The first-order valence-electron chi connectivity index (χ1n) is 6.33. The lowest BCUT2D eigenvalue weighted by molar-refractivity contribution is 0.0696. The Bertz CT molecular complexity index is 606. The molecule has 0 fully saturated rings. The van der Waals surface area contributed by atoms with Crippen molar-refractivity contribution in [2.24, 2.45) is 0 Å². The van der Waals surface area contributed by atoms with Crippen LogP contribution in [0.15, 0.2) is 46.9 Å². The Hall–Kier alpha value is -1.81. The molecule has 0 amide bonds. The third kappa shape index (κ3) is 3.61. The Kier molecular flexibility index (Phi) is 4.79. The molecule has 0 aliphatic carbocycles. The molecule has 0 saturated carbocycles. The summed E-state index contributed by atoms with van der Waals surface area (Å²) < 4.78 is 6.43. The van der Waals surface area contributed by atoms with E-state index in [0.717, 1.165) is 22.2 Å². The van der Waals surface area contributed by atoms with E-state index >= 15 is 0 Å². The predicted molar refractivity (Wildman–Crippen MR) is 81.3 cm³/mol. The molecule has 4 heteroatoms. The van der Waals surface area contributed by atoms with E-state index in [0.29, 0.717) is 6.61 Å². The minimum atomic E-state index is -0.937. The third-order valence-electron chi connectivity index (χ3n) is 3.03. The molecule has 0 atom stereocenters. The minimum Gasteiger partial charge on any atom is -0.489 e. The Morgan fingerprint density at radius 3 is 2.45 bits per heavy atom. The Labute approximate surface area is 126 Å². The highest BCUT2D eigenvalue weighted by Gasteiger charge is 2.07. The normalized spacial score (nSPS) is 10.3. The molecule has 104 valence electrons. The largest absolute Gasteiger partial charge is 0.489 e. The summed E-state index contributed by atoms with van der Waals surface area (Å²) in [7, 11) is 0. The maximum atomic E-state index is 10.9. The number of ether oxygens (including phenoxy) is 1. The molecule has 0 bridgehead atoms. The van der Waals surface area contributed by atoms with Crippen LogP contribution in [0.25, 0.3) is 0 Å². The number of hydrogen-bond acceptors (Lipinski definition) is 2. The summed E-state index contributed by atoms with van der Waals surface area (Å²) in [4.78, 5) is 10.9. The number of aromatic carboxylic acids is 1. The van der Waals surface area contributed by atoms with Gasteiger partial charge >= 0.3 is 5.97 Å². The van der Waals surface area contributed by atoms with Gasteiger partial charge < -0.3 is 9.84 Å². The second kappa shape index (κ2) is 6.57. The van der Waals surface area contributed by atoms with Gasteiger partial charge in [0.15, 0.2) is 0 Å². The highest BCUT2D eigenvalue weighted by Crippen LogP contribution is 2.21. The van der Waals surface area contributed by atoms with E-state index in [-0.39, 0.29) is 5.56 Å². The predicted octanol–water partition coefficient (Wildman–Crippen LogP) is 4.29. The molecule has 2 rings (SSSR count). The van der Waals surface area contributed by atoms with Crippen LogP contribution in [-0.2, 0) is 13.0 Å². The lowest BCUT2D eigenvalue weighted by Crippen LogP contribution is -2.00. The van der Waals surface area contributed by atoms with Crippen molar-refractivity contribution < 1.29 is 14.6 Å². The number of carbonyl (C=O) groups is 1. The molecule has 0 radical (unpaired) electrons. The fourth-order valence-electron chi connectivity index (χ4n) is 1.78. The van der Waals surface area contributed by atoms with Crippen molar-refractivity contribution in [1.29, 1.82) is 0 Å². The second-order valence-electron chi connectivity index (χ2n) is 4.40. The minimum absolute atomic E-state index is 0.257. The summed E-state index contributed by atoms with van der Waals surface area (Å²) in [5, 5.41) is 8.91. The molecule has 0 spiro atoms. The van der Waals surface area contributed by atoms with E-state index in [1.807, 2.05) is 24.3 Å². The molecule has 1 N–H and O–H groups in total. The zero-order valence-electron chi connectivity index (χ0n) is 11.1. The number of benzene rings is 2. The maximum absolute atomic E-state index is 10.9. The molecule has 3 nitrogen and oxygen atoms in total. The number of halogens is 1. The van der Waals surface area contributed by atoms with Gasteiger partial charge in [-0.3, -0.25) is 0 Å². The highest BCUT2D eigenvalue weighted by atomic mass is 79.9. The van der Waals surface area contributed by atoms with Gasteiger partial charge in [-0.05, 0) is 36.2 Å². The molecule has 0 saturated heterocycles. The molecule has 0 heterocycles. The van der Waals surface area contributed by atoms with Crippen LogP contribution in [-0.4, -0.2) is 11.1 Å². The first kappa shape index (κ1) is 14.6. The van der Waals surface area contributed by atoms with Crippen molar-refractivity contribution in [3.63, 3.8) is 0 Å². The van der Waals surface area contributed by atoms with E-state index in [9.17, 15) is 4.79 Å². The average molecular weight is 335 g/mol. The molecular weight excluding hydrogens is 320 g/mol. The summed E-state index contributed by atoms with van der Waals surface area (Å²) in [6.45, 7) is 2.50. The van der Waals surface area contributed by atoms with Crippen LogP contribution in [0.3, 0.4) is 0 Å². The van der Waals surface area contributed by atoms with Gasteiger partial charge in [0.05, 0.1) is 5.56 Å². The van der Waals surface area contributed by atoms with Crippen LogP contribution in [0.5, 0.6) is 5.75 Å². The smallest absolute Gasteiger partial charge is 0.335 e. The standard InChI is InChI=1S/C16H15BrO3/c1-2-11-3-7-14(8-4-11)20-10-13-6-5-12(16(18)19)9-15(13)17/h3-9H,2,10H2,1H3,(H,18,19). The molecule has 0 aliphatic rings. The summed E-state index contributed by atoms with van der Waals surface area (Å²) >= 11 is 3.37. The molecule has 0 aliphatic heterocycles. The van der Waals surface area contributed by atoms with Crippen LogP contribution in [0.2, 0.25) is 0 Å². The number of aryl methyl sites for hydroxylation is 1. The average Bonchev–Trinajstić information content (AvgIpc) is 2.46. The molecule has 2 aromatic rings. The van der Waals surface area contributed by atoms with Gasteiger partial charge in [0.2, 0.25) is 0 Å². The van der Waals surface area contributed by atoms with Gasteiger partial charge in [-0.15, -0.1) is 0 Å². The van der Waals surface area contributed by atoms with Crippen molar-refractivity contribution in [1.82, 2.24) is 0 Å². The van der Waals surface area contributed by atoms with Crippen LogP contribution in [0.1, 0.15) is 28.4 Å². The van der Waals surface area contributed by atoms with E-state index in [4.69, 9.17) is 9.84 Å². The fourth-order valence-corrected chi connectivity index (χ4v) is 2.27. The van der Waals surface area contributed by atoms with E-state index < -0.39 is 5.97 Å². The van der Waals surface area contributed by atoms with Gasteiger partial charge in [-0.25, -0.2) is 4.79 Å². The molecule has 20 heavy (non-hydrogen) atoms. The fraction of sp³-hybridized carbons (Fsp3) is 0.188. The quantitative estimate of drug-likeness (QED) is 0.887. The zero-order valence-corrected chi connectivity index (χ0v) is 12.7. The van der Waals surface area contributed by atoms with Gasteiger partial charge in [0.25, 0.3) is 0 Å². The number of carboxylic acid groups (broad SMARTS) is 1. The maximum Gasteiger partial charge on any atom is 0.335 e. The monoisotopic (exact) mass is 334 g/mol. The lowest BCUT2D eigenvalue weighted by atomic mass is 10.1. The van der Waals surface area contributed by atoms with Gasteiger partial charge in [0, 0.05) is 10.0 Å². The van der Waals surface area contributed by atoms with Gasteiger partial charge in [-0.2, -0.15) is 0 Å². The van der Waals surface area contributed by atoms with E-state index in [1.54, 1.807) is 18.2 Å². The Morgan fingerprint density at radius 2 is 1.90 bits per heavy atom. The van der Waals surface area contributed by atoms with Crippen LogP contribution >= 0.6 is 15.9 Å². The number of carboxylic acids is 1. The first-order chi connectivity index (χ1) is 9.60. The lowest BCUT2D eigenvalue weighted by Gasteiger charge is -2.09. The summed E-state index contributed by atoms with van der Waals surface area (Å²) in [6, 6.07) is 12.9. The van der Waals surface area contributed by atoms with Crippen molar-refractivity contribution in [2.75, 3.05) is 0 Å². The molecule has 2 aromatic carbocycles.